The third kappa shape index (κ3) is 5.09. The lowest BCUT2D eigenvalue weighted by atomic mass is 10.3. The van der Waals surface area contributed by atoms with Crippen LogP contribution in [0.3, 0.4) is 0 Å². The number of aromatic nitrogens is 1. The number of hydrogen-bond acceptors (Lipinski definition) is 5. The number of carbonyl (C=O) groups excluding carboxylic acids is 1. The summed E-state index contributed by atoms with van der Waals surface area (Å²) < 4.78 is 2.33. The maximum Gasteiger partial charge on any atom is 0.308 e. The normalized spacial score (nSPS) is 14.9. The average Bonchev–Trinajstić information content (AvgIpc) is 2.84. The molecule has 0 unspecified atom stereocenters. The molecule has 1 aliphatic heterocycles. The highest BCUT2D eigenvalue weighted by atomic mass is 35.5. The van der Waals surface area contributed by atoms with Crippen LogP contribution >= 0.6 is 47.8 Å². The highest BCUT2D eigenvalue weighted by Gasteiger charge is 2.22. The third-order valence-corrected chi connectivity index (χ3v) is 5.26. The molecule has 2 aromatic rings. The molecule has 6 nitrogen and oxygen atoms in total. The molecule has 1 N–H and O–H groups in total. The number of nitrogens with zero attached hydrogens (tertiary/aromatic N) is 3. The van der Waals surface area contributed by atoms with Crippen LogP contribution in [0.1, 0.15) is 0 Å². The third-order valence-electron chi connectivity index (χ3n) is 4.06. The number of β-amino-alcohol motifs (C(OH)–C–C–N with tert-alkyl or cyclic N) is 1. The van der Waals surface area contributed by atoms with Crippen LogP contribution in [0.5, 0.6) is 0 Å². The lowest BCUT2D eigenvalue weighted by Gasteiger charge is -2.34. The van der Waals surface area contributed by atoms with Crippen molar-refractivity contribution >= 4 is 63.9 Å². The lowest BCUT2D eigenvalue weighted by molar-refractivity contribution is -0.133. The van der Waals surface area contributed by atoms with Crippen molar-refractivity contribution in [3.8, 4) is 0 Å². The summed E-state index contributed by atoms with van der Waals surface area (Å²) in [4.78, 5) is 28.4. The SMILES string of the molecule is Cl.Cl.O=C(Cn1c(=O)sc2ccc(Cl)cc21)N1CCN(CCO)CC1. The minimum Gasteiger partial charge on any atom is -0.395 e. The molecule has 1 aromatic carbocycles. The van der Waals surface area contributed by atoms with E-state index in [1.54, 1.807) is 23.1 Å². The topological polar surface area (TPSA) is 65.8 Å². The van der Waals surface area contributed by atoms with Crippen LogP contribution in [0.15, 0.2) is 23.0 Å². The standard InChI is InChI=1S/C15H18ClN3O3S.2ClH/c16-11-1-2-13-12(9-11)19(15(22)23-13)10-14(21)18-5-3-17(4-6-18)7-8-20;;/h1-2,9,20H,3-8,10H2;2*1H. The van der Waals surface area contributed by atoms with Crippen LogP contribution in [-0.2, 0) is 11.3 Å². The van der Waals surface area contributed by atoms with Crippen molar-refractivity contribution in [2.45, 2.75) is 6.54 Å². The number of fused-ring (bicyclic) bond motifs is 1. The molecular weight excluding hydrogens is 409 g/mol. The second-order valence-corrected chi connectivity index (χ2v) is 6.94. The van der Waals surface area contributed by atoms with Gasteiger partial charge in [0.05, 0.1) is 16.8 Å². The highest BCUT2D eigenvalue weighted by molar-refractivity contribution is 7.16. The number of hydrogen-bond donors (Lipinski definition) is 1. The molecule has 140 valence electrons. The minimum absolute atomic E-state index is 0. The largest absolute Gasteiger partial charge is 0.395 e. The molecule has 0 spiro atoms. The van der Waals surface area contributed by atoms with E-state index >= 15 is 0 Å². The van der Waals surface area contributed by atoms with E-state index in [0.717, 1.165) is 29.1 Å². The first-order valence-corrected chi connectivity index (χ1v) is 8.68. The Morgan fingerprint density at radius 2 is 1.88 bits per heavy atom. The van der Waals surface area contributed by atoms with Gasteiger partial charge < -0.3 is 10.0 Å². The summed E-state index contributed by atoms with van der Waals surface area (Å²) in [6.07, 6.45) is 0. The molecule has 1 amide bonds. The quantitative estimate of drug-likeness (QED) is 0.805. The van der Waals surface area contributed by atoms with Gasteiger partial charge in [-0.15, -0.1) is 24.8 Å². The number of aliphatic hydroxyl groups excluding tert-OH is 1. The summed E-state index contributed by atoms with van der Waals surface area (Å²) in [5, 5.41) is 9.50. The van der Waals surface area contributed by atoms with Crippen LogP contribution in [0.25, 0.3) is 10.2 Å². The molecule has 10 heteroatoms. The Kier molecular flexibility index (Phi) is 8.67. The fourth-order valence-corrected chi connectivity index (χ4v) is 3.82. The van der Waals surface area contributed by atoms with E-state index in [1.165, 1.54) is 4.57 Å². The summed E-state index contributed by atoms with van der Waals surface area (Å²) in [5.74, 6) is -0.0598. The molecule has 1 aromatic heterocycles. The fourth-order valence-electron chi connectivity index (χ4n) is 2.78. The van der Waals surface area contributed by atoms with E-state index in [9.17, 15) is 9.59 Å². The van der Waals surface area contributed by atoms with Crippen LogP contribution < -0.4 is 4.87 Å². The van der Waals surface area contributed by atoms with Crippen LogP contribution in [0.2, 0.25) is 5.02 Å². The number of amides is 1. The van der Waals surface area contributed by atoms with Crippen LogP contribution in [0, 0.1) is 0 Å². The Morgan fingerprint density at radius 3 is 2.52 bits per heavy atom. The number of benzene rings is 1. The highest BCUT2D eigenvalue weighted by Crippen LogP contribution is 2.21. The zero-order valence-electron chi connectivity index (χ0n) is 13.4. The molecule has 0 bridgehead atoms. The maximum absolute atomic E-state index is 12.5. The van der Waals surface area contributed by atoms with E-state index in [-0.39, 0.29) is 48.7 Å². The zero-order chi connectivity index (χ0) is 16.4. The minimum atomic E-state index is -0.144. The number of carbonyl (C=O) groups is 1. The first-order chi connectivity index (χ1) is 11.1. The van der Waals surface area contributed by atoms with Crippen LogP contribution in [-0.4, -0.2) is 64.7 Å². The van der Waals surface area contributed by atoms with E-state index in [2.05, 4.69) is 4.90 Å². The average molecular weight is 429 g/mol. The second-order valence-electron chi connectivity index (χ2n) is 5.51. The van der Waals surface area contributed by atoms with Crippen molar-refractivity contribution < 1.29 is 9.90 Å². The van der Waals surface area contributed by atoms with Crippen molar-refractivity contribution in [3.05, 3.63) is 32.9 Å². The van der Waals surface area contributed by atoms with Gasteiger partial charge in [0, 0.05) is 37.7 Å². The Hall–Kier alpha value is -0.830. The van der Waals surface area contributed by atoms with Gasteiger partial charge in [0.25, 0.3) is 0 Å². The summed E-state index contributed by atoms with van der Waals surface area (Å²) in [6, 6.07) is 5.27. The predicted molar refractivity (Wildman–Crippen MR) is 106 cm³/mol. The Balaban J connectivity index is 0.00000156. The Labute approximate surface area is 166 Å². The molecule has 1 saturated heterocycles. The van der Waals surface area contributed by atoms with Gasteiger partial charge in [-0.2, -0.15) is 0 Å². The number of thiazole rings is 1. The second kappa shape index (κ2) is 9.75. The first-order valence-electron chi connectivity index (χ1n) is 7.48. The van der Waals surface area contributed by atoms with Gasteiger partial charge in [-0.05, 0) is 18.2 Å². The molecule has 3 rings (SSSR count). The number of aliphatic hydroxyl groups is 1. The monoisotopic (exact) mass is 427 g/mol. The van der Waals surface area contributed by atoms with Gasteiger partial charge in [-0.1, -0.05) is 22.9 Å². The van der Waals surface area contributed by atoms with Gasteiger partial charge in [0.2, 0.25) is 5.91 Å². The van der Waals surface area contributed by atoms with E-state index in [1.807, 2.05) is 0 Å². The molecule has 25 heavy (non-hydrogen) atoms. The van der Waals surface area contributed by atoms with Gasteiger partial charge in [-0.3, -0.25) is 19.1 Å². The Morgan fingerprint density at radius 1 is 1.20 bits per heavy atom. The van der Waals surface area contributed by atoms with E-state index < -0.39 is 0 Å². The molecular formula is C15H20Cl3N3O3S. The summed E-state index contributed by atoms with van der Waals surface area (Å²) in [5.41, 5.74) is 0.708. The van der Waals surface area contributed by atoms with Crippen molar-refractivity contribution in [3.63, 3.8) is 0 Å². The number of piperazine rings is 1. The first kappa shape index (κ1) is 22.2. The van der Waals surface area contributed by atoms with Crippen molar-refractivity contribution in [1.82, 2.24) is 14.4 Å². The molecule has 2 heterocycles. The summed E-state index contributed by atoms with van der Waals surface area (Å²) >= 11 is 7.12. The Bertz CT molecular complexity index is 772. The molecule has 0 radical (unpaired) electrons. The summed E-state index contributed by atoms with van der Waals surface area (Å²) in [7, 11) is 0. The fraction of sp³-hybridized carbons (Fsp3) is 0.467. The summed E-state index contributed by atoms with van der Waals surface area (Å²) in [6.45, 7) is 3.54. The molecule has 1 fully saturated rings. The molecule has 0 atom stereocenters. The maximum atomic E-state index is 12.5. The van der Waals surface area contributed by atoms with Crippen LogP contribution in [0.4, 0.5) is 0 Å². The van der Waals surface area contributed by atoms with E-state index in [0.29, 0.717) is 30.2 Å². The molecule has 0 aliphatic carbocycles. The smallest absolute Gasteiger partial charge is 0.308 e. The van der Waals surface area contributed by atoms with E-state index in [4.69, 9.17) is 16.7 Å². The zero-order valence-corrected chi connectivity index (χ0v) is 16.6. The van der Waals surface area contributed by atoms with Gasteiger partial charge in [-0.25, -0.2) is 0 Å². The van der Waals surface area contributed by atoms with Gasteiger partial charge in [0.15, 0.2) is 0 Å². The molecule has 1 aliphatic rings. The molecule has 0 saturated carbocycles. The lowest BCUT2D eigenvalue weighted by Crippen LogP contribution is -2.50. The number of rotatable bonds is 4. The van der Waals surface area contributed by atoms with Crippen molar-refractivity contribution in [2.75, 3.05) is 39.3 Å². The van der Waals surface area contributed by atoms with Crippen molar-refractivity contribution in [2.24, 2.45) is 0 Å². The van der Waals surface area contributed by atoms with Gasteiger partial charge in [0.1, 0.15) is 6.54 Å². The van der Waals surface area contributed by atoms with Crippen molar-refractivity contribution in [1.29, 1.82) is 0 Å². The predicted octanol–water partition coefficient (Wildman–Crippen LogP) is 1.70. The number of halogens is 3. The van der Waals surface area contributed by atoms with Gasteiger partial charge >= 0.3 is 4.87 Å².